The fourth-order valence-corrected chi connectivity index (χ4v) is 4.75. The maximum Gasteiger partial charge on any atom is 0.306 e. The van der Waals surface area contributed by atoms with E-state index in [0.717, 1.165) is 77.0 Å². The van der Waals surface area contributed by atoms with E-state index in [1.54, 1.807) is 0 Å². The Balaban J connectivity index is 4.65. The van der Waals surface area contributed by atoms with E-state index < -0.39 is 6.10 Å². The Kier molecular flexibility index (Phi) is 38.3. The highest BCUT2D eigenvalue weighted by atomic mass is 16.6. The standard InChI is InChI=1S/C48H72O6/c1-4-7-10-13-16-19-22-24-27-29-32-35-38-41-47(50)53-44-45(43-52-46(49)40-37-34-31-28-25-21-18-15-12-9-6-3)54-48(51)42-39-36-33-30-26-23-20-17-14-11-8-5-2/h7-8,10-11,13,15-22,24-27,29-30,32,45H,4-6,9,12,14,23,28,31,33-44H2,1-3H3/b10-7-,11-8-,16-13-,18-15-,20-17-,22-19-,25-21-,27-24-,30-26-,32-29-. The fourth-order valence-electron chi connectivity index (χ4n) is 4.75. The molecule has 0 spiro atoms. The Labute approximate surface area is 329 Å². The summed E-state index contributed by atoms with van der Waals surface area (Å²) in [6, 6.07) is 0. The Bertz CT molecular complexity index is 1220. The summed E-state index contributed by atoms with van der Waals surface area (Å²) in [5, 5.41) is 0. The summed E-state index contributed by atoms with van der Waals surface area (Å²) in [4.78, 5) is 37.5. The summed E-state index contributed by atoms with van der Waals surface area (Å²) in [6.45, 7) is 6.14. The van der Waals surface area contributed by atoms with Gasteiger partial charge < -0.3 is 14.2 Å². The largest absolute Gasteiger partial charge is 0.462 e. The molecule has 300 valence electrons. The molecule has 0 saturated carbocycles. The van der Waals surface area contributed by atoms with Crippen LogP contribution >= 0.6 is 0 Å². The van der Waals surface area contributed by atoms with Crippen molar-refractivity contribution in [3.05, 3.63) is 122 Å². The number of esters is 3. The van der Waals surface area contributed by atoms with Gasteiger partial charge >= 0.3 is 17.9 Å². The van der Waals surface area contributed by atoms with Crippen LogP contribution in [0.5, 0.6) is 0 Å². The second kappa shape index (κ2) is 41.6. The van der Waals surface area contributed by atoms with E-state index in [1.807, 2.05) is 54.7 Å². The fraction of sp³-hybridized carbons (Fsp3) is 0.521. The van der Waals surface area contributed by atoms with E-state index in [2.05, 4.69) is 87.6 Å². The second-order valence-corrected chi connectivity index (χ2v) is 12.9. The van der Waals surface area contributed by atoms with Crippen molar-refractivity contribution >= 4 is 17.9 Å². The third kappa shape index (κ3) is 39.0. The van der Waals surface area contributed by atoms with Crippen LogP contribution in [0.2, 0.25) is 0 Å². The first-order valence-corrected chi connectivity index (χ1v) is 20.6. The lowest BCUT2D eigenvalue weighted by atomic mass is 10.1. The van der Waals surface area contributed by atoms with Crippen LogP contribution < -0.4 is 0 Å². The van der Waals surface area contributed by atoms with Crippen molar-refractivity contribution in [3.63, 3.8) is 0 Å². The molecular formula is C48H72O6. The molecule has 0 N–H and O–H groups in total. The van der Waals surface area contributed by atoms with Crippen molar-refractivity contribution in [3.8, 4) is 0 Å². The molecule has 0 heterocycles. The van der Waals surface area contributed by atoms with Gasteiger partial charge in [-0.3, -0.25) is 14.4 Å². The van der Waals surface area contributed by atoms with Gasteiger partial charge in [-0.05, 0) is 83.5 Å². The van der Waals surface area contributed by atoms with Crippen LogP contribution in [0.3, 0.4) is 0 Å². The molecule has 1 atom stereocenters. The van der Waals surface area contributed by atoms with E-state index in [0.29, 0.717) is 19.3 Å². The van der Waals surface area contributed by atoms with Crippen molar-refractivity contribution < 1.29 is 28.6 Å². The van der Waals surface area contributed by atoms with E-state index in [-0.39, 0.29) is 44.0 Å². The zero-order valence-electron chi connectivity index (χ0n) is 33.9. The normalized spacial score (nSPS) is 13.3. The quantitative estimate of drug-likeness (QED) is 0.0215. The van der Waals surface area contributed by atoms with Crippen molar-refractivity contribution in [2.45, 2.75) is 149 Å². The Morgan fingerprint density at radius 3 is 1.44 bits per heavy atom. The maximum absolute atomic E-state index is 12.6. The Morgan fingerprint density at radius 2 is 0.833 bits per heavy atom. The van der Waals surface area contributed by atoms with Crippen molar-refractivity contribution in [1.82, 2.24) is 0 Å². The van der Waals surface area contributed by atoms with E-state index in [1.165, 1.54) is 12.8 Å². The molecule has 0 aromatic carbocycles. The maximum atomic E-state index is 12.6. The molecular weight excluding hydrogens is 673 g/mol. The van der Waals surface area contributed by atoms with Crippen LogP contribution in [-0.2, 0) is 28.6 Å². The molecule has 0 aliphatic rings. The SMILES string of the molecule is CC\C=C/C=C\C=C/C=C\C=C/CCCC(=O)OCC(COC(=O)CCCCC/C=C\C=C/CCCC)OC(=O)CCCC/C=C\C/C=C\C/C=C\CC. The minimum atomic E-state index is -0.838. The average molecular weight is 745 g/mol. The van der Waals surface area contributed by atoms with Crippen molar-refractivity contribution in [2.75, 3.05) is 13.2 Å². The molecule has 0 amide bonds. The van der Waals surface area contributed by atoms with Crippen LogP contribution in [-0.4, -0.2) is 37.2 Å². The summed E-state index contributed by atoms with van der Waals surface area (Å²) < 4.78 is 16.5. The lowest BCUT2D eigenvalue weighted by Gasteiger charge is -2.18. The first-order valence-electron chi connectivity index (χ1n) is 20.6. The lowest BCUT2D eigenvalue weighted by molar-refractivity contribution is -0.167. The molecule has 1 unspecified atom stereocenters. The number of carbonyl (C=O) groups is 3. The number of unbranched alkanes of at least 4 members (excludes halogenated alkanes) is 8. The number of allylic oxidation sites excluding steroid dienone is 20. The second-order valence-electron chi connectivity index (χ2n) is 12.9. The highest BCUT2D eigenvalue weighted by Crippen LogP contribution is 2.09. The molecule has 0 rings (SSSR count). The first-order chi connectivity index (χ1) is 26.5. The van der Waals surface area contributed by atoms with Gasteiger partial charge in [0.2, 0.25) is 0 Å². The third-order valence-corrected chi connectivity index (χ3v) is 7.84. The van der Waals surface area contributed by atoms with Gasteiger partial charge in [0, 0.05) is 19.3 Å². The van der Waals surface area contributed by atoms with E-state index in [4.69, 9.17) is 14.2 Å². The van der Waals surface area contributed by atoms with Gasteiger partial charge in [0.1, 0.15) is 13.2 Å². The third-order valence-electron chi connectivity index (χ3n) is 7.84. The number of hydrogen-bond acceptors (Lipinski definition) is 6. The molecule has 0 aliphatic heterocycles. The minimum absolute atomic E-state index is 0.135. The Hall–Kier alpha value is -4.19. The zero-order chi connectivity index (χ0) is 39.4. The Morgan fingerprint density at radius 1 is 0.407 bits per heavy atom. The summed E-state index contributed by atoms with van der Waals surface area (Å²) in [5.74, 6) is -1.10. The molecule has 0 aliphatic carbocycles. The highest BCUT2D eigenvalue weighted by molar-refractivity contribution is 5.71. The van der Waals surface area contributed by atoms with Crippen LogP contribution in [0.1, 0.15) is 143 Å². The first kappa shape index (κ1) is 49.8. The predicted molar refractivity (Wildman–Crippen MR) is 228 cm³/mol. The van der Waals surface area contributed by atoms with Gasteiger partial charge in [-0.2, -0.15) is 0 Å². The van der Waals surface area contributed by atoms with Crippen LogP contribution in [0, 0.1) is 0 Å². The van der Waals surface area contributed by atoms with Gasteiger partial charge in [-0.15, -0.1) is 0 Å². The van der Waals surface area contributed by atoms with Gasteiger partial charge in [-0.25, -0.2) is 0 Å². The molecule has 0 aromatic heterocycles. The molecule has 6 nitrogen and oxygen atoms in total. The topological polar surface area (TPSA) is 78.9 Å². The van der Waals surface area contributed by atoms with E-state index in [9.17, 15) is 14.4 Å². The zero-order valence-corrected chi connectivity index (χ0v) is 33.9. The summed E-state index contributed by atoms with van der Waals surface area (Å²) >= 11 is 0. The summed E-state index contributed by atoms with van der Waals surface area (Å²) in [7, 11) is 0. The summed E-state index contributed by atoms with van der Waals surface area (Å²) in [5.41, 5.74) is 0. The monoisotopic (exact) mass is 745 g/mol. The van der Waals surface area contributed by atoms with Crippen molar-refractivity contribution in [2.24, 2.45) is 0 Å². The van der Waals surface area contributed by atoms with Gasteiger partial charge in [0.25, 0.3) is 0 Å². The van der Waals surface area contributed by atoms with Gasteiger partial charge in [0.05, 0.1) is 0 Å². The van der Waals surface area contributed by atoms with Gasteiger partial charge in [-0.1, -0.05) is 162 Å². The minimum Gasteiger partial charge on any atom is -0.462 e. The molecule has 0 fully saturated rings. The number of hydrogen-bond donors (Lipinski definition) is 0. The predicted octanol–water partition coefficient (Wildman–Crippen LogP) is 13.0. The van der Waals surface area contributed by atoms with E-state index >= 15 is 0 Å². The van der Waals surface area contributed by atoms with Crippen LogP contribution in [0.15, 0.2) is 122 Å². The van der Waals surface area contributed by atoms with Gasteiger partial charge in [0.15, 0.2) is 6.10 Å². The van der Waals surface area contributed by atoms with Crippen LogP contribution in [0.4, 0.5) is 0 Å². The lowest BCUT2D eigenvalue weighted by Crippen LogP contribution is -2.30. The molecule has 0 bridgehead atoms. The molecule has 0 saturated heterocycles. The molecule has 54 heavy (non-hydrogen) atoms. The number of rotatable bonds is 34. The molecule has 0 radical (unpaired) electrons. The average Bonchev–Trinajstić information content (AvgIpc) is 3.17. The highest BCUT2D eigenvalue weighted by Gasteiger charge is 2.19. The molecule has 6 heteroatoms. The van der Waals surface area contributed by atoms with Crippen LogP contribution in [0.25, 0.3) is 0 Å². The van der Waals surface area contributed by atoms with Crippen molar-refractivity contribution in [1.29, 1.82) is 0 Å². The smallest absolute Gasteiger partial charge is 0.306 e. The number of carbonyl (C=O) groups excluding carboxylic acids is 3. The molecule has 0 aromatic rings. The number of ether oxygens (including phenoxy) is 3. The summed E-state index contributed by atoms with van der Waals surface area (Å²) in [6.07, 6.45) is 56.2.